The molecule has 2 aromatic rings. The van der Waals surface area contributed by atoms with Crippen molar-refractivity contribution >= 4 is 17.2 Å². The zero-order valence-electron chi connectivity index (χ0n) is 8.33. The van der Waals surface area contributed by atoms with Gasteiger partial charge in [0.25, 0.3) is 0 Å². The Morgan fingerprint density at radius 1 is 1.35 bits per heavy atom. The highest BCUT2D eigenvalue weighted by Crippen LogP contribution is 2.33. The molecule has 0 fully saturated rings. The first-order chi connectivity index (χ1) is 7.84. The summed E-state index contributed by atoms with van der Waals surface area (Å²) in [6, 6.07) is 1.16. The van der Waals surface area contributed by atoms with E-state index >= 15 is 0 Å². The minimum atomic E-state index is -4.39. The molecule has 0 atom stereocenters. The van der Waals surface area contributed by atoms with Crippen LogP contribution in [-0.4, -0.2) is 26.0 Å². The molecule has 2 rings (SSSR count). The van der Waals surface area contributed by atoms with Gasteiger partial charge in [0.15, 0.2) is 5.65 Å². The topological polar surface area (TPSA) is 43.1 Å². The second-order valence-electron chi connectivity index (χ2n) is 3.27. The predicted octanol–water partition coefficient (Wildman–Crippen LogP) is 2.44. The largest absolute Gasteiger partial charge is 0.366 e. The number of rotatable bonds is 2. The summed E-state index contributed by atoms with van der Waals surface area (Å²) in [5.41, 5.74) is -0.0576. The molecule has 92 valence electrons. The first-order valence-corrected chi connectivity index (χ1v) is 4.76. The second kappa shape index (κ2) is 3.80. The van der Waals surface area contributed by atoms with Crippen molar-refractivity contribution in [3.8, 4) is 0 Å². The molecule has 0 aliphatic carbocycles. The molecule has 0 radical (unpaired) electrons. The van der Waals surface area contributed by atoms with Gasteiger partial charge in [-0.2, -0.15) is 8.78 Å². The average molecular weight is 269 g/mol. The lowest BCUT2D eigenvalue weighted by Crippen LogP contribution is -2.27. The van der Waals surface area contributed by atoms with E-state index in [-0.39, 0.29) is 16.6 Å². The summed E-state index contributed by atoms with van der Waals surface area (Å²) < 4.78 is 51.6. The van der Waals surface area contributed by atoms with Crippen molar-refractivity contribution < 1.29 is 17.6 Å². The van der Waals surface area contributed by atoms with E-state index in [4.69, 9.17) is 11.6 Å². The normalized spacial score (nSPS) is 12.6. The summed E-state index contributed by atoms with van der Waals surface area (Å²) in [6.07, 6.45) is -3.87. The molecule has 2 heterocycles. The fourth-order valence-corrected chi connectivity index (χ4v) is 1.59. The van der Waals surface area contributed by atoms with E-state index < -0.39 is 18.2 Å². The zero-order chi connectivity index (χ0) is 12.8. The lowest BCUT2D eigenvalue weighted by atomic mass is 10.3. The minimum absolute atomic E-state index is 0.00725. The van der Waals surface area contributed by atoms with Crippen molar-refractivity contribution in [2.75, 3.05) is 0 Å². The molecule has 17 heavy (non-hydrogen) atoms. The van der Waals surface area contributed by atoms with E-state index in [0.29, 0.717) is 0 Å². The van der Waals surface area contributed by atoms with Gasteiger partial charge in [0.1, 0.15) is 11.0 Å². The van der Waals surface area contributed by atoms with Crippen LogP contribution in [0, 0.1) is 6.92 Å². The number of fused-ring (bicyclic) bond motifs is 1. The van der Waals surface area contributed by atoms with Crippen LogP contribution in [0.25, 0.3) is 5.65 Å². The summed E-state index contributed by atoms with van der Waals surface area (Å²) >= 11 is 5.58. The Morgan fingerprint density at radius 3 is 2.59 bits per heavy atom. The summed E-state index contributed by atoms with van der Waals surface area (Å²) in [7, 11) is 0. The van der Waals surface area contributed by atoms with Gasteiger partial charge < -0.3 is 0 Å². The first-order valence-electron chi connectivity index (χ1n) is 4.38. The highest BCUT2D eigenvalue weighted by Gasteiger charge is 2.47. The van der Waals surface area contributed by atoms with Crippen LogP contribution in [0.1, 0.15) is 11.6 Å². The molecule has 0 N–H and O–H groups in total. The fourth-order valence-electron chi connectivity index (χ4n) is 1.37. The molecule has 0 aliphatic heterocycles. The number of hydrogen-bond donors (Lipinski definition) is 0. The number of hydrogen-bond acceptors (Lipinski definition) is 3. The Bertz CT molecular complexity index is 568. The number of aromatic nitrogens is 4. The SMILES string of the molecule is Cc1nc(Cl)cc2nnc(C(F)(F)C(F)F)n12. The van der Waals surface area contributed by atoms with Crippen LogP contribution < -0.4 is 0 Å². The number of alkyl halides is 4. The van der Waals surface area contributed by atoms with Crippen molar-refractivity contribution in [3.63, 3.8) is 0 Å². The van der Waals surface area contributed by atoms with Gasteiger partial charge in [0, 0.05) is 6.07 Å². The molecule has 0 aromatic carbocycles. The van der Waals surface area contributed by atoms with Crippen molar-refractivity contribution in [2.45, 2.75) is 19.3 Å². The van der Waals surface area contributed by atoms with Crippen molar-refractivity contribution in [2.24, 2.45) is 0 Å². The van der Waals surface area contributed by atoms with Gasteiger partial charge in [0.05, 0.1) is 0 Å². The van der Waals surface area contributed by atoms with Gasteiger partial charge in [-0.3, -0.25) is 4.40 Å². The molecular weight excluding hydrogens is 264 g/mol. The monoisotopic (exact) mass is 268 g/mol. The molecule has 0 spiro atoms. The molecule has 0 amide bonds. The highest BCUT2D eigenvalue weighted by atomic mass is 35.5. The van der Waals surface area contributed by atoms with Crippen LogP contribution in [-0.2, 0) is 5.92 Å². The first kappa shape index (κ1) is 12.0. The van der Waals surface area contributed by atoms with Crippen LogP contribution in [0.2, 0.25) is 5.15 Å². The zero-order valence-corrected chi connectivity index (χ0v) is 9.09. The van der Waals surface area contributed by atoms with Crippen LogP contribution in [0.15, 0.2) is 6.07 Å². The maximum atomic E-state index is 13.2. The van der Waals surface area contributed by atoms with Crippen LogP contribution in [0.3, 0.4) is 0 Å². The van der Waals surface area contributed by atoms with Gasteiger partial charge in [-0.15, -0.1) is 10.2 Å². The third kappa shape index (κ3) is 1.82. The van der Waals surface area contributed by atoms with Crippen LogP contribution >= 0.6 is 11.6 Å². The molecule has 2 aromatic heterocycles. The van der Waals surface area contributed by atoms with Crippen molar-refractivity contribution in [3.05, 3.63) is 22.9 Å². The van der Waals surface area contributed by atoms with E-state index in [2.05, 4.69) is 15.2 Å². The molecule has 0 bridgehead atoms. The Morgan fingerprint density at radius 2 is 2.00 bits per heavy atom. The number of nitrogens with zero attached hydrogens (tertiary/aromatic N) is 4. The molecule has 0 unspecified atom stereocenters. The Labute approximate surface area is 97.2 Å². The Kier molecular flexibility index (Phi) is 2.69. The Balaban J connectivity index is 2.73. The predicted molar refractivity (Wildman–Crippen MR) is 50.4 cm³/mol. The standard InChI is InChI=1S/C8H5ClF4N4/c1-3-14-4(9)2-5-15-16-7(17(3)5)8(12,13)6(10)11/h2,6H,1H3. The number of aryl methyl sites for hydroxylation is 1. The van der Waals surface area contributed by atoms with Crippen LogP contribution in [0.5, 0.6) is 0 Å². The molecular formula is C8H5ClF4N4. The van der Waals surface area contributed by atoms with E-state index in [9.17, 15) is 17.6 Å². The lowest BCUT2D eigenvalue weighted by molar-refractivity contribution is -0.141. The summed E-state index contributed by atoms with van der Waals surface area (Å²) in [6.45, 7) is 1.34. The summed E-state index contributed by atoms with van der Waals surface area (Å²) in [5.74, 6) is -5.53. The second-order valence-corrected chi connectivity index (χ2v) is 3.65. The molecule has 0 saturated heterocycles. The fraction of sp³-hybridized carbons (Fsp3) is 0.375. The van der Waals surface area contributed by atoms with Gasteiger partial charge in [-0.25, -0.2) is 13.8 Å². The smallest absolute Gasteiger partial charge is 0.261 e. The third-order valence-electron chi connectivity index (χ3n) is 2.10. The highest BCUT2D eigenvalue weighted by molar-refractivity contribution is 6.29. The number of halogens is 5. The average Bonchev–Trinajstić information content (AvgIpc) is 2.61. The van der Waals surface area contributed by atoms with E-state index in [1.807, 2.05) is 0 Å². The summed E-state index contributed by atoms with van der Waals surface area (Å²) in [5, 5.41) is 6.46. The van der Waals surface area contributed by atoms with E-state index in [1.165, 1.54) is 6.92 Å². The van der Waals surface area contributed by atoms with E-state index in [0.717, 1.165) is 10.5 Å². The maximum Gasteiger partial charge on any atom is 0.366 e. The Hall–Kier alpha value is -1.44. The quantitative estimate of drug-likeness (QED) is 0.621. The third-order valence-corrected chi connectivity index (χ3v) is 2.29. The lowest BCUT2D eigenvalue weighted by Gasteiger charge is -2.13. The van der Waals surface area contributed by atoms with E-state index in [1.54, 1.807) is 0 Å². The van der Waals surface area contributed by atoms with Gasteiger partial charge in [-0.05, 0) is 6.92 Å². The van der Waals surface area contributed by atoms with Crippen molar-refractivity contribution in [1.82, 2.24) is 19.6 Å². The van der Waals surface area contributed by atoms with Crippen LogP contribution in [0.4, 0.5) is 17.6 Å². The molecule has 9 heteroatoms. The molecule has 0 aliphatic rings. The minimum Gasteiger partial charge on any atom is -0.261 e. The van der Waals surface area contributed by atoms with Gasteiger partial charge >= 0.3 is 12.3 Å². The van der Waals surface area contributed by atoms with Gasteiger partial charge in [-0.1, -0.05) is 11.6 Å². The maximum absolute atomic E-state index is 13.2. The molecule has 0 saturated carbocycles. The van der Waals surface area contributed by atoms with Crippen molar-refractivity contribution in [1.29, 1.82) is 0 Å². The van der Waals surface area contributed by atoms with Gasteiger partial charge in [0.2, 0.25) is 5.82 Å². The summed E-state index contributed by atoms with van der Waals surface area (Å²) in [4.78, 5) is 3.68. The molecule has 4 nitrogen and oxygen atoms in total.